The lowest BCUT2D eigenvalue weighted by Crippen LogP contribution is -2.33. The summed E-state index contributed by atoms with van der Waals surface area (Å²) in [5, 5.41) is 17.9. The van der Waals surface area contributed by atoms with Crippen LogP contribution in [0.3, 0.4) is 0 Å². The molecule has 0 unspecified atom stereocenters. The highest BCUT2D eigenvalue weighted by atomic mass is 16.6. The number of nitrogens with zero attached hydrogens (tertiary/aromatic N) is 3. The van der Waals surface area contributed by atoms with Crippen LogP contribution in [0.2, 0.25) is 0 Å². The smallest absolute Gasteiger partial charge is 0.269 e. The summed E-state index contributed by atoms with van der Waals surface area (Å²) in [5.74, 6) is 1.57. The fraction of sp³-hybridized carbons (Fsp3) is 0.208. The molecule has 0 radical (unpaired) electrons. The summed E-state index contributed by atoms with van der Waals surface area (Å²) >= 11 is 0. The Morgan fingerprint density at radius 2 is 1.90 bits per heavy atom. The first-order valence-corrected chi connectivity index (χ1v) is 10.2. The van der Waals surface area contributed by atoms with Gasteiger partial charge in [-0.15, -0.1) is 0 Å². The van der Waals surface area contributed by atoms with Crippen LogP contribution in [0.5, 0.6) is 11.5 Å². The van der Waals surface area contributed by atoms with E-state index in [0.29, 0.717) is 6.61 Å². The molecular formula is C24H21N3O4. The molecular weight excluding hydrogens is 394 g/mol. The number of nitro benzene ring substituents is 1. The molecule has 2 aliphatic heterocycles. The van der Waals surface area contributed by atoms with Crippen LogP contribution in [0.4, 0.5) is 5.69 Å². The monoisotopic (exact) mass is 415 g/mol. The molecule has 0 spiro atoms. The maximum atomic E-state index is 11.0. The van der Waals surface area contributed by atoms with E-state index >= 15 is 0 Å². The van der Waals surface area contributed by atoms with E-state index in [1.165, 1.54) is 12.1 Å². The van der Waals surface area contributed by atoms with E-state index in [2.05, 4.69) is 12.1 Å². The van der Waals surface area contributed by atoms with Crippen LogP contribution in [0.15, 0.2) is 77.9 Å². The van der Waals surface area contributed by atoms with Crippen molar-refractivity contribution in [3.8, 4) is 11.5 Å². The van der Waals surface area contributed by atoms with Crippen LogP contribution in [0.1, 0.15) is 42.3 Å². The molecule has 3 aromatic carbocycles. The van der Waals surface area contributed by atoms with Crippen LogP contribution in [0.25, 0.3) is 0 Å². The van der Waals surface area contributed by atoms with Crippen molar-refractivity contribution in [3.05, 3.63) is 99.6 Å². The SMILES string of the molecule is CCOc1ccc2c(c1)[C@H]1CC(c3ccccc3)=NN1[C@H](c1ccc([N+](=O)[O-])cc1)O2. The van der Waals surface area contributed by atoms with Gasteiger partial charge >= 0.3 is 0 Å². The molecule has 0 saturated carbocycles. The van der Waals surface area contributed by atoms with E-state index in [0.717, 1.165) is 40.3 Å². The molecule has 7 heteroatoms. The number of hydrazone groups is 1. The van der Waals surface area contributed by atoms with Crippen LogP contribution in [-0.4, -0.2) is 22.3 Å². The second-order valence-corrected chi connectivity index (χ2v) is 7.46. The zero-order chi connectivity index (χ0) is 21.4. The van der Waals surface area contributed by atoms with Crippen molar-refractivity contribution in [1.82, 2.24) is 5.01 Å². The van der Waals surface area contributed by atoms with Crippen LogP contribution < -0.4 is 9.47 Å². The first-order valence-electron chi connectivity index (χ1n) is 10.2. The van der Waals surface area contributed by atoms with Crippen LogP contribution >= 0.6 is 0 Å². The third-order valence-corrected chi connectivity index (χ3v) is 5.57. The van der Waals surface area contributed by atoms with Crippen molar-refractivity contribution in [2.24, 2.45) is 5.10 Å². The highest BCUT2D eigenvalue weighted by Gasteiger charge is 2.41. The number of nitro groups is 1. The summed E-state index contributed by atoms with van der Waals surface area (Å²) < 4.78 is 12.0. The first-order chi connectivity index (χ1) is 15.1. The van der Waals surface area contributed by atoms with E-state index in [1.807, 2.05) is 48.3 Å². The molecule has 2 atom stereocenters. The molecule has 3 aromatic rings. The number of hydrogen-bond donors (Lipinski definition) is 0. The lowest BCUT2D eigenvalue weighted by Gasteiger charge is -2.38. The summed E-state index contributed by atoms with van der Waals surface area (Å²) in [6.45, 7) is 2.55. The maximum Gasteiger partial charge on any atom is 0.269 e. The molecule has 2 heterocycles. The van der Waals surface area contributed by atoms with Gasteiger partial charge < -0.3 is 9.47 Å². The Bertz CT molecular complexity index is 1150. The van der Waals surface area contributed by atoms with Gasteiger partial charge in [0.15, 0.2) is 0 Å². The summed E-state index contributed by atoms with van der Waals surface area (Å²) in [7, 11) is 0. The lowest BCUT2D eigenvalue weighted by molar-refractivity contribution is -0.384. The molecule has 7 nitrogen and oxygen atoms in total. The van der Waals surface area contributed by atoms with E-state index in [-0.39, 0.29) is 11.7 Å². The van der Waals surface area contributed by atoms with Gasteiger partial charge in [-0.1, -0.05) is 30.3 Å². The maximum absolute atomic E-state index is 11.0. The van der Waals surface area contributed by atoms with Gasteiger partial charge in [-0.3, -0.25) is 10.1 Å². The van der Waals surface area contributed by atoms with Gasteiger partial charge in [0, 0.05) is 29.7 Å². The Kier molecular flexibility index (Phi) is 4.78. The molecule has 0 aromatic heterocycles. The van der Waals surface area contributed by atoms with Crippen LogP contribution in [0, 0.1) is 10.1 Å². The molecule has 156 valence electrons. The fourth-order valence-corrected chi connectivity index (χ4v) is 4.11. The summed E-state index contributed by atoms with van der Waals surface area (Å²) in [5.41, 5.74) is 3.94. The Morgan fingerprint density at radius 3 is 2.61 bits per heavy atom. The van der Waals surface area contributed by atoms with Gasteiger partial charge in [0.1, 0.15) is 11.5 Å². The van der Waals surface area contributed by atoms with Gasteiger partial charge in [-0.05, 0) is 42.8 Å². The van der Waals surface area contributed by atoms with Crippen molar-refractivity contribution in [2.45, 2.75) is 25.6 Å². The van der Waals surface area contributed by atoms with Crippen molar-refractivity contribution in [3.63, 3.8) is 0 Å². The zero-order valence-electron chi connectivity index (χ0n) is 17.0. The third-order valence-electron chi connectivity index (χ3n) is 5.57. The number of ether oxygens (including phenoxy) is 2. The minimum atomic E-state index is -0.475. The van der Waals surface area contributed by atoms with Gasteiger partial charge in [-0.2, -0.15) is 5.10 Å². The highest BCUT2D eigenvalue weighted by Crippen LogP contribution is 2.48. The second-order valence-electron chi connectivity index (χ2n) is 7.46. The molecule has 0 aliphatic carbocycles. The molecule has 0 bridgehead atoms. The van der Waals surface area contributed by atoms with Gasteiger partial charge in [-0.25, -0.2) is 5.01 Å². The average molecular weight is 415 g/mol. The third kappa shape index (κ3) is 3.48. The normalized spacial score (nSPS) is 19.1. The fourth-order valence-electron chi connectivity index (χ4n) is 4.11. The second kappa shape index (κ2) is 7.75. The highest BCUT2D eigenvalue weighted by molar-refractivity contribution is 6.01. The summed E-state index contributed by atoms with van der Waals surface area (Å²) in [6.07, 6.45) is 0.261. The quantitative estimate of drug-likeness (QED) is 0.421. The molecule has 2 aliphatic rings. The van der Waals surface area contributed by atoms with E-state index in [9.17, 15) is 10.1 Å². The molecule has 0 N–H and O–H groups in total. The van der Waals surface area contributed by atoms with Crippen LogP contribution in [-0.2, 0) is 0 Å². The molecule has 0 amide bonds. The summed E-state index contributed by atoms with van der Waals surface area (Å²) in [6, 6.07) is 22.4. The van der Waals surface area contributed by atoms with Crippen molar-refractivity contribution < 1.29 is 14.4 Å². The largest absolute Gasteiger partial charge is 0.494 e. The summed E-state index contributed by atoms with van der Waals surface area (Å²) in [4.78, 5) is 10.6. The zero-order valence-corrected chi connectivity index (χ0v) is 17.0. The van der Waals surface area contributed by atoms with Gasteiger partial charge in [0.05, 0.1) is 23.3 Å². The topological polar surface area (TPSA) is 77.2 Å². The average Bonchev–Trinajstić information content (AvgIpc) is 3.25. The lowest BCUT2D eigenvalue weighted by atomic mass is 9.95. The van der Waals surface area contributed by atoms with E-state index in [1.54, 1.807) is 12.1 Å². The number of fused-ring (bicyclic) bond motifs is 3. The van der Waals surface area contributed by atoms with Crippen molar-refractivity contribution >= 4 is 11.4 Å². The Balaban J connectivity index is 1.57. The Morgan fingerprint density at radius 1 is 1.13 bits per heavy atom. The predicted molar refractivity (Wildman–Crippen MR) is 116 cm³/mol. The van der Waals surface area contributed by atoms with Crippen molar-refractivity contribution in [2.75, 3.05) is 6.61 Å². The Hall–Kier alpha value is -3.87. The Labute approximate surface area is 179 Å². The van der Waals surface area contributed by atoms with Gasteiger partial charge in [0.2, 0.25) is 6.23 Å². The standard InChI is InChI=1S/C24H21N3O4/c1-2-30-19-12-13-23-20(14-19)22-15-21(16-6-4-3-5-7-16)25-26(22)24(31-23)17-8-10-18(11-9-17)27(28)29/h3-14,22,24H,2,15H2,1H3/t22-,24+/m1/s1. The first kappa shape index (κ1) is 19.1. The number of rotatable bonds is 5. The molecule has 31 heavy (non-hydrogen) atoms. The predicted octanol–water partition coefficient (Wildman–Crippen LogP) is 5.24. The molecule has 0 fully saturated rings. The van der Waals surface area contributed by atoms with E-state index in [4.69, 9.17) is 14.6 Å². The number of non-ortho nitro benzene ring substituents is 1. The number of hydrogen-bond acceptors (Lipinski definition) is 6. The minimum Gasteiger partial charge on any atom is -0.494 e. The van der Waals surface area contributed by atoms with Gasteiger partial charge in [0.25, 0.3) is 5.69 Å². The molecule has 0 saturated heterocycles. The van der Waals surface area contributed by atoms with E-state index < -0.39 is 11.2 Å². The number of benzene rings is 3. The minimum absolute atomic E-state index is 0.0143. The molecule has 5 rings (SSSR count). The van der Waals surface area contributed by atoms with Crippen molar-refractivity contribution in [1.29, 1.82) is 0 Å².